The summed E-state index contributed by atoms with van der Waals surface area (Å²) in [5.74, 6) is -0.228. The Morgan fingerprint density at radius 1 is 0.962 bits per heavy atom. The van der Waals surface area contributed by atoms with E-state index in [-0.39, 0.29) is 12.1 Å². The van der Waals surface area contributed by atoms with E-state index in [4.69, 9.17) is 9.47 Å². The van der Waals surface area contributed by atoms with Crippen molar-refractivity contribution in [3.8, 4) is 0 Å². The fraction of sp³-hybridized carbons (Fsp3) is 0.696. The molecular weight excluding hydrogens is 324 g/mol. The first kappa shape index (κ1) is 22.7. The molecule has 1 aromatic carbocycles. The number of methoxy groups -OCH3 is 1. The normalized spacial score (nSPS) is 12.1. The first-order valence-corrected chi connectivity index (χ1v) is 10.5. The molecule has 1 aromatic rings. The van der Waals surface area contributed by atoms with E-state index in [9.17, 15) is 4.79 Å². The molecule has 0 spiro atoms. The molecule has 26 heavy (non-hydrogen) atoms. The molecule has 1 rings (SSSR count). The third-order valence-corrected chi connectivity index (χ3v) is 4.74. The van der Waals surface area contributed by atoms with Gasteiger partial charge in [0.15, 0.2) is 0 Å². The Morgan fingerprint density at radius 3 is 2.35 bits per heavy atom. The summed E-state index contributed by atoms with van der Waals surface area (Å²) in [6, 6.07) is 7.84. The molecule has 1 unspecified atom stereocenters. The summed E-state index contributed by atoms with van der Waals surface area (Å²) in [5.41, 5.74) is 1.86. The van der Waals surface area contributed by atoms with Crippen molar-refractivity contribution in [3.05, 3.63) is 35.4 Å². The van der Waals surface area contributed by atoms with Gasteiger partial charge in [0.05, 0.1) is 12.2 Å². The molecule has 0 saturated heterocycles. The predicted octanol–water partition coefficient (Wildman–Crippen LogP) is 6.34. The molecule has 0 radical (unpaired) electrons. The maximum atomic E-state index is 12.5. The lowest BCUT2D eigenvalue weighted by Gasteiger charge is -2.17. The van der Waals surface area contributed by atoms with Gasteiger partial charge in [0.2, 0.25) is 0 Å². The van der Waals surface area contributed by atoms with Crippen molar-refractivity contribution in [2.45, 2.75) is 90.6 Å². The average Bonchev–Trinajstić information content (AvgIpc) is 2.66. The number of ether oxygens (including phenoxy) is 2. The van der Waals surface area contributed by atoms with Crippen LogP contribution in [0, 0.1) is 0 Å². The monoisotopic (exact) mass is 362 g/mol. The zero-order valence-corrected chi connectivity index (χ0v) is 17.1. The van der Waals surface area contributed by atoms with Crippen LogP contribution in [-0.4, -0.2) is 25.8 Å². The molecule has 0 aliphatic carbocycles. The predicted molar refractivity (Wildman–Crippen MR) is 109 cm³/mol. The van der Waals surface area contributed by atoms with Crippen LogP contribution in [0.1, 0.15) is 94.0 Å². The molecule has 0 heterocycles. The van der Waals surface area contributed by atoms with Gasteiger partial charge in [-0.2, -0.15) is 0 Å². The first-order chi connectivity index (χ1) is 12.7. The highest BCUT2D eigenvalue weighted by molar-refractivity contribution is 5.89. The molecule has 0 N–H and O–H groups in total. The second-order valence-corrected chi connectivity index (χ2v) is 7.20. The molecule has 3 nitrogen and oxygen atoms in total. The van der Waals surface area contributed by atoms with Crippen molar-refractivity contribution in [2.75, 3.05) is 13.7 Å². The lowest BCUT2D eigenvalue weighted by atomic mass is 10.1. The lowest BCUT2D eigenvalue weighted by Crippen LogP contribution is -2.23. The van der Waals surface area contributed by atoms with Crippen LogP contribution in [0.2, 0.25) is 0 Å². The zero-order chi connectivity index (χ0) is 19.0. The van der Waals surface area contributed by atoms with E-state index in [1.165, 1.54) is 44.1 Å². The van der Waals surface area contributed by atoms with E-state index >= 15 is 0 Å². The lowest BCUT2D eigenvalue weighted by molar-refractivity contribution is 0.00236. The molecular formula is C23H38O3. The smallest absolute Gasteiger partial charge is 0.338 e. The van der Waals surface area contributed by atoms with Gasteiger partial charge in [0.25, 0.3) is 0 Å². The van der Waals surface area contributed by atoms with Crippen LogP contribution in [-0.2, 0) is 15.9 Å². The fourth-order valence-corrected chi connectivity index (χ4v) is 3.15. The minimum Gasteiger partial charge on any atom is -0.456 e. The molecule has 0 aliphatic heterocycles. The minimum atomic E-state index is -0.228. The van der Waals surface area contributed by atoms with Crippen LogP contribution in [0.25, 0.3) is 0 Å². The van der Waals surface area contributed by atoms with Gasteiger partial charge in [0, 0.05) is 7.11 Å². The standard InChI is InChI=1S/C23H38O3/c1-4-6-8-9-10-11-12-17-22(19-25-3)26-23(24)21-16-13-15-20(18-21)14-7-5-2/h13,15-16,18,22H,4-12,14,17,19H2,1-3H3. The van der Waals surface area contributed by atoms with Gasteiger partial charge in [-0.25, -0.2) is 4.79 Å². The quantitative estimate of drug-likeness (QED) is 0.270. The average molecular weight is 363 g/mol. The molecule has 0 aliphatic rings. The summed E-state index contributed by atoms with van der Waals surface area (Å²) >= 11 is 0. The number of carbonyl (C=O) groups is 1. The summed E-state index contributed by atoms with van der Waals surface area (Å²) in [7, 11) is 1.66. The molecule has 3 heteroatoms. The van der Waals surface area contributed by atoms with Crippen LogP contribution in [0.15, 0.2) is 24.3 Å². The maximum absolute atomic E-state index is 12.5. The van der Waals surface area contributed by atoms with Crippen molar-refractivity contribution < 1.29 is 14.3 Å². The third-order valence-electron chi connectivity index (χ3n) is 4.74. The van der Waals surface area contributed by atoms with Crippen molar-refractivity contribution in [2.24, 2.45) is 0 Å². The fourth-order valence-electron chi connectivity index (χ4n) is 3.15. The number of benzene rings is 1. The highest BCUT2D eigenvalue weighted by Gasteiger charge is 2.16. The van der Waals surface area contributed by atoms with Crippen LogP contribution in [0.5, 0.6) is 0 Å². The zero-order valence-electron chi connectivity index (χ0n) is 17.1. The van der Waals surface area contributed by atoms with Crippen LogP contribution in [0.4, 0.5) is 0 Å². The molecule has 148 valence electrons. The van der Waals surface area contributed by atoms with Crippen LogP contribution in [0.3, 0.4) is 0 Å². The summed E-state index contributed by atoms with van der Waals surface area (Å²) in [6.45, 7) is 4.89. The highest BCUT2D eigenvalue weighted by Crippen LogP contribution is 2.15. The number of aryl methyl sites for hydroxylation is 1. The van der Waals surface area contributed by atoms with Crippen LogP contribution >= 0.6 is 0 Å². The second-order valence-electron chi connectivity index (χ2n) is 7.20. The Morgan fingerprint density at radius 2 is 1.65 bits per heavy atom. The van der Waals surface area contributed by atoms with E-state index in [1.807, 2.05) is 18.2 Å². The van der Waals surface area contributed by atoms with Gasteiger partial charge >= 0.3 is 5.97 Å². The van der Waals surface area contributed by atoms with Gasteiger partial charge in [-0.15, -0.1) is 0 Å². The van der Waals surface area contributed by atoms with Crippen molar-refractivity contribution in [3.63, 3.8) is 0 Å². The second kappa shape index (κ2) is 14.8. The topological polar surface area (TPSA) is 35.5 Å². The minimum absolute atomic E-state index is 0.151. The number of hydrogen-bond donors (Lipinski definition) is 0. The van der Waals surface area contributed by atoms with Gasteiger partial charge in [-0.3, -0.25) is 0 Å². The Hall–Kier alpha value is -1.35. The third kappa shape index (κ3) is 9.96. The van der Waals surface area contributed by atoms with Crippen molar-refractivity contribution in [1.29, 1.82) is 0 Å². The molecule has 0 amide bonds. The first-order valence-electron chi connectivity index (χ1n) is 10.5. The number of hydrogen-bond acceptors (Lipinski definition) is 3. The summed E-state index contributed by atoms with van der Waals surface area (Å²) in [5, 5.41) is 0. The summed E-state index contributed by atoms with van der Waals surface area (Å²) in [4.78, 5) is 12.5. The number of esters is 1. The Balaban J connectivity index is 2.41. The highest BCUT2D eigenvalue weighted by atomic mass is 16.6. The number of rotatable bonds is 15. The Bertz CT molecular complexity index is 484. The molecule has 0 fully saturated rings. The largest absolute Gasteiger partial charge is 0.456 e. The molecule has 0 saturated carbocycles. The van der Waals surface area contributed by atoms with Crippen LogP contribution < -0.4 is 0 Å². The van der Waals surface area contributed by atoms with Crippen molar-refractivity contribution in [1.82, 2.24) is 0 Å². The maximum Gasteiger partial charge on any atom is 0.338 e. The van der Waals surface area contributed by atoms with Gasteiger partial charge < -0.3 is 9.47 Å². The van der Waals surface area contributed by atoms with E-state index in [1.54, 1.807) is 7.11 Å². The van der Waals surface area contributed by atoms with E-state index in [2.05, 4.69) is 19.9 Å². The Kier molecular flexibility index (Phi) is 12.9. The van der Waals surface area contributed by atoms with Gasteiger partial charge in [-0.05, 0) is 43.4 Å². The van der Waals surface area contributed by atoms with Gasteiger partial charge in [0.1, 0.15) is 6.10 Å². The van der Waals surface area contributed by atoms with E-state index in [0.29, 0.717) is 12.2 Å². The Labute approximate surface area is 160 Å². The summed E-state index contributed by atoms with van der Waals surface area (Å²) in [6.07, 6.45) is 12.9. The SMILES string of the molecule is CCCCCCCCCC(COC)OC(=O)c1cccc(CCCC)c1. The van der Waals surface area contributed by atoms with E-state index < -0.39 is 0 Å². The molecule has 0 aromatic heterocycles. The molecule has 1 atom stereocenters. The number of unbranched alkanes of at least 4 members (excludes halogenated alkanes) is 7. The van der Waals surface area contributed by atoms with Crippen molar-refractivity contribution >= 4 is 5.97 Å². The summed E-state index contributed by atoms with van der Waals surface area (Å²) < 4.78 is 11.0. The van der Waals surface area contributed by atoms with Gasteiger partial charge in [-0.1, -0.05) is 70.9 Å². The number of carbonyl (C=O) groups excluding carboxylic acids is 1. The van der Waals surface area contributed by atoms with E-state index in [0.717, 1.165) is 32.1 Å². The molecule has 0 bridgehead atoms.